The van der Waals surface area contributed by atoms with Crippen LogP contribution in [-0.4, -0.2) is 17.2 Å². The van der Waals surface area contributed by atoms with Gasteiger partial charge >= 0.3 is 7.12 Å². The van der Waals surface area contributed by atoms with Crippen LogP contribution < -0.4 is 5.46 Å². The van der Waals surface area contributed by atoms with Crippen molar-refractivity contribution in [3.63, 3.8) is 0 Å². The summed E-state index contributed by atoms with van der Waals surface area (Å²) in [5.74, 6) is -6.85. The van der Waals surface area contributed by atoms with Crippen LogP contribution in [0, 0.1) is 11.6 Å². The van der Waals surface area contributed by atoms with E-state index in [2.05, 4.69) is 0 Å². The molecule has 2 N–H and O–H groups in total. The van der Waals surface area contributed by atoms with Gasteiger partial charge in [0.15, 0.2) is 11.6 Å². The molecule has 7 heteroatoms. The molecule has 0 fully saturated rings. The highest BCUT2D eigenvalue weighted by Crippen LogP contribution is 2.35. The molecule has 0 radical (unpaired) electrons. The molecule has 0 unspecified atom stereocenters. The first-order valence-corrected chi connectivity index (χ1v) is 6.03. The Morgan fingerprint density at radius 1 is 1.11 bits per heavy atom. The van der Waals surface area contributed by atoms with Gasteiger partial charge in [-0.3, -0.25) is 0 Å². The summed E-state index contributed by atoms with van der Waals surface area (Å²) in [5, 5.41) is 17.5. The molecular formula is C12H15BF4O2. The Kier molecular flexibility index (Phi) is 5.37. The Bertz CT molecular complexity index is 438. The molecule has 0 atom stereocenters. The minimum Gasteiger partial charge on any atom is -0.423 e. The molecule has 0 aromatic heterocycles. The largest absolute Gasteiger partial charge is 0.491 e. The van der Waals surface area contributed by atoms with Crippen molar-refractivity contribution < 1.29 is 27.6 Å². The van der Waals surface area contributed by atoms with Gasteiger partial charge in [-0.25, -0.2) is 17.6 Å². The number of halogens is 4. The summed E-state index contributed by atoms with van der Waals surface area (Å²) in [6.45, 7) is 1.84. The highest BCUT2D eigenvalue weighted by Gasteiger charge is 2.36. The van der Waals surface area contributed by atoms with Crippen LogP contribution in [0.15, 0.2) is 12.1 Å². The molecule has 0 bridgehead atoms. The van der Waals surface area contributed by atoms with Crippen molar-refractivity contribution in [1.29, 1.82) is 0 Å². The third-order valence-electron chi connectivity index (χ3n) is 2.88. The van der Waals surface area contributed by atoms with Crippen molar-refractivity contribution in [2.75, 3.05) is 0 Å². The Balaban J connectivity index is 3.04. The van der Waals surface area contributed by atoms with Crippen LogP contribution in [0.5, 0.6) is 0 Å². The molecule has 1 rings (SSSR count). The average Bonchev–Trinajstić information content (AvgIpc) is 2.32. The Morgan fingerprint density at radius 2 is 1.74 bits per heavy atom. The van der Waals surface area contributed by atoms with Crippen molar-refractivity contribution in [3.8, 4) is 0 Å². The second-order valence-corrected chi connectivity index (χ2v) is 4.37. The molecule has 2 nitrogen and oxygen atoms in total. The van der Waals surface area contributed by atoms with E-state index in [1.165, 1.54) is 0 Å². The molecule has 0 amide bonds. The fourth-order valence-electron chi connectivity index (χ4n) is 1.78. The standard InChI is InChI=1S/C12H15BF4O2/c1-2-3-4-7-12(16,17)8-5-6-9(13(18)19)11(15)10(8)14/h5-6,18-19H,2-4,7H2,1H3. The van der Waals surface area contributed by atoms with Gasteiger partial charge in [0.2, 0.25) is 0 Å². The van der Waals surface area contributed by atoms with Crippen LogP contribution in [0.2, 0.25) is 0 Å². The molecule has 1 aromatic rings. The molecule has 19 heavy (non-hydrogen) atoms. The molecule has 0 aliphatic heterocycles. The van der Waals surface area contributed by atoms with E-state index < -0.39 is 42.1 Å². The van der Waals surface area contributed by atoms with E-state index in [0.717, 1.165) is 12.5 Å². The van der Waals surface area contributed by atoms with Gasteiger partial charge in [0.25, 0.3) is 5.92 Å². The van der Waals surface area contributed by atoms with E-state index in [1.807, 2.05) is 6.92 Å². The van der Waals surface area contributed by atoms with Gasteiger partial charge in [0.05, 0.1) is 5.56 Å². The van der Waals surface area contributed by atoms with Crippen LogP contribution >= 0.6 is 0 Å². The quantitative estimate of drug-likeness (QED) is 0.476. The van der Waals surface area contributed by atoms with Crippen molar-refractivity contribution in [2.24, 2.45) is 0 Å². The van der Waals surface area contributed by atoms with Crippen LogP contribution in [0.3, 0.4) is 0 Å². The van der Waals surface area contributed by atoms with Crippen molar-refractivity contribution in [2.45, 2.75) is 38.5 Å². The zero-order valence-electron chi connectivity index (χ0n) is 10.5. The number of hydrogen-bond acceptors (Lipinski definition) is 2. The van der Waals surface area contributed by atoms with E-state index in [1.54, 1.807) is 0 Å². The van der Waals surface area contributed by atoms with Gasteiger partial charge in [-0.1, -0.05) is 31.9 Å². The van der Waals surface area contributed by atoms with E-state index in [4.69, 9.17) is 10.0 Å². The Hall–Kier alpha value is -1.08. The number of benzene rings is 1. The van der Waals surface area contributed by atoms with Crippen LogP contribution in [0.4, 0.5) is 17.6 Å². The summed E-state index contributed by atoms with van der Waals surface area (Å²) in [6, 6.07) is 1.45. The predicted octanol–water partition coefficient (Wildman–Crippen LogP) is 2.32. The SMILES string of the molecule is CCCCCC(F)(F)c1ccc(B(O)O)c(F)c1F. The second-order valence-electron chi connectivity index (χ2n) is 4.37. The van der Waals surface area contributed by atoms with Gasteiger partial charge in [-0.05, 0) is 6.42 Å². The number of unbranched alkanes of at least 4 members (excludes halogenated alkanes) is 2. The molecule has 0 saturated carbocycles. The maximum atomic E-state index is 13.7. The first-order valence-electron chi connectivity index (χ1n) is 6.03. The van der Waals surface area contributed by atoms with Gasteiger partial charge < -0.3 is 10.0 Å². The molecule has 106 valence electrons. The summed E-state index contributed by atoms with van der Waals surface area (Å²) in [7, 11) is -2.24. The fraction of sp³-hybridized carbons (Fsp3) is 0.500. The maximum Gasteiger partial charge on any atom is 0.491 e. The lowest BCUT2D eigenvalue weighted by Crippen LogP contribution is -2.34. The lowest BCUT2D eigenvalue weighted by Gasteiger charge is -2.18. The summed E-state index contributed by atoms with van der Waals surface area (Å²) >= 11 is 0. The summed E-state index contributed by atoms with van der Waals surface area (Å²) in [4.78, 5) is 0. The topological polar surface area (TPSA) is 40.5 Å². The van der Waals surface area contributed by atoms with Gasteiger partial charge in [0.1, 0.15) is 0 Å². The first-order chi connectivity index (χ1) is 8.81. The van der Waals surface area contributed by atoms with Crippen LogP contribution in [0.1, 0.15) is 38.2 Å². The highest BCUT2D eigenvalue weighted by atomic mass is 19.3. The molecule has 0 aliphatic carbocycles. The lowest BCUT2D eigenvalue weighted by molar-refractivity contribution is -0.0195. The van der Waals surface area contributed by atoms with Crippen LogP contribution in [-0.2, 0) is 5.92 Å². The smallest absolute Gasteiger partial charge is 0.423 e. The summed E-state index contributed by atoms with van der Waals surface area (Å²) in [5.41, 5.74) is -1.81. The van der Waals surface area contributed by atoms with Crippen molar-refractivity contribution in [1.82, 2.24) is 0 Å². The minimum atomic E-state index is -3.47. The molecule has 0 heterocycles. The van der Waals surface area contributed by atoms with Crippen LogP contribution in [0.25, 0.3) is 0 Å². The number of rotatable bonds is 6. The van der Waals surface area contributed by atoms with E-state index in [0.29, 0.717) is 12.5 Å². The van der Waals surface area contributed by atoms with Gasteiger partial charge in [-0.2, -0.15) is 0 Å². The Labute approximate surface area is 109 Å². The Morgan fingerprint density at radius 3 is 2.26 bits per heavy atom. The fourth-order valence-corrected chi connectivity index (χ4v) is 1.78. The maximum absolute atomic E-state index is 13.7. The second kappa shape index (κ2) is 6.39. The van der Waals surface area contributed by atoms with E-state index in [-0.39, 0.29) is 6.42 Å². The zero-order valence-corrected chi connectivity index (χ0v) is 10.5. The molecule has 0 spiro atoms. The van der Waals surface area contributed by atoms with Gasteiger partial charge in [-0.15, -0.1) is 0 Å². The molecule has 0 aliphatic rings. The number of alkyl halides is 2. The first kappa shape index (κ1) is 16.0. The summed E-state index contributed by atoms with van der Waals surface area (Å²) in [6.07, 6.45) is 0.947. The third-order valence-corrected chi connectivity index (χ3v) is 2.88. The monoisotopic (exact) mass is 278 g/mol. The average molecular weight is 278 g/mol. The predicted molar refractivity (Wildman–Crippen MR) is 64.2 cm³/mol. The normalized spacial score (nSPS) is 11.7. The number of hydrogen-bond donors (Lipinski definition) is 2. The van der Waals surface area contributed by atoms with Crippen molar-refractivity contribution in [3.05, 3.63) is 29.3 Å². The van der Waals surface area contributed by atoms with Gasteiger partial charge in [0, 0.05) is 11.9 Å². The molecular weight excluding hydrogens is 263 g/mol. The lowest BCUT2D eigenvalue weighted by atomic mass is 9.79. The molecule has 0 saturated heterocycles. The van der Waals surface area contributed by atoms with E-state index in [9.17, 15) is 17.6 Å². The molecule has 1 aromatic carbocycles. The van der Waals surface area contributed by atoms with E-state index >= 15 is 0 Å². The zero-order chi connectivity index (χ0) is 14.6. The minimum absolute atomic E-state index is 0.203. The highest BCUT2D eigenvalue weighted by molar-refractivity contribution is 6.58. The third kappa shape index (κ3) is 3.70. The summed E-state index contributed by atoms with van der Waals surface area (Å²) < 4.78 is 54.4. The van der Waals surface area contributed by atoms with Crippen molar-refractivity contribution >= 4 is 12.6 Å².